The van der Waals surface area contributed by atoms with Gasteiger partial charge in [0, 0.05) is 12.3 Å². The molecule has 0 saturated heterocycles. The largest absolute Gasteiger partial charge is 0.273 e. The molecule has 1 aliphatic heterocycles. The molecule has 5 aromatic rings. The molecule has 0 unspecified atom stereocenters. The lowest BCUT2D eigenvalue weighted by Crippen LogP contribution is -2.31. The maximum absolute atomic E-state index is 13.4. The van der Waals surface area contributed by atoms with E-state index in [0.717, 1.165) is 11.1 Å². The molecule has 2 aromatic heterocycles. The number of benzene rings is 3. The average Bonchev–Trinajstić information content (AvgIpc) is 3.43. The Morgan fingerprint density at radius 2 is 1.47 bits per heavy atom. The number of nitrogens with zero attached hydrogens (tertiary/aromatic N) is 5. The number of amides is 2. The first-order chi connectivity index (χ1) is 17.5. The minimum Gasteiger partial charge on any atom is -0.273 e. The van der Waals surface area contributed by atoms with Gasteiger partial charge in [0.05, 0.1) is 28.6 Å². The van der Waals surface area contributed by atoms with Crippen molar-refractivity contribution in [3.05, 3.63) is 105 Å². The number of hydrogen-bond acceptors (Lipinski definition) is 6. The third-order valence-corrected chi connectivity index (χ3v) is 7.27. The highest BCUT2D eigenvalue weighted by molar-refractivity contribution is 7.99. The SMILES string of the molecule is Cc1ccc(Cn2c(=O)c3ccccc3n3c(SCCN4C(=O)c5ccccc5C4=O)nnc23)cc1. The highest BCUT2D eigenvalue weighted by Gasteiger charge is 2.34. The quantitative estimate of drug-likeness (QED) is 0.263. The van der Waals surface area contributed by atoms with Gasteiger partial charge in [0.1, 0.15) is 0 Å². The van der Waals surface area contributed by atoms with Crippen LogP contribution in [0.5, 0.6) is 0 Å². The lowest BCUT2D eigenvalue weighted by molar-refractivity contribution is 0.0664. The Kier molecular flexibility index (Phi) is 5.41. The Morgan fingerprint density at radius 1 is 0.806 bits per heavy atom. The first-order valence-corrected chi connectivity index (χ1v) is 12.5. The Morgan fingerprint density at radius 3 is 2.19 bits per heavy atom. The molecule has 0 saturated carbocycles. The van der Waals surface area contributed by atoms with Crippen LogP contribution < -0.4 is 5.56 Å². The van der Waals surface area contributed by atoms with Gasteiger partial charge in [-0.3, -0.25) is 28.3 Å². The van der Waals surface area contributed by atoms with Crippen LogP contribution in [0.2, 0.25) is 0 Å². The van der Waals surface area contributed by atoms with E-state index >= 15 is 0 Å². The van der Waals surface area contributed by atoms with Gasteiger partial charge in [0.2, 0.25) is 5.78 Å². The average molecular weight is 496 g/mol. The molecule has 0 aliphatic carbocycles. The Balaban J connectivity index is 1.33. The molecule has 0 fully saturated rings. The van der Waals surface area contributed by atoms with Crippen LogP contribution in [-0.4, -0.2) is 48.2 Å². The Labute approximate surface area is 210 Å². The fourth-order valence-corrected chi connectivity index (χ4v) is 5.38. The third kappa shape index (κ3) is 3.59. The summed E-state index contributed by atoms with van der Waals surface area (Å²) in [5.41, 5.74) is 3.59. The number of fused-ring (bicyclic) bond motifs is 4. The van der Waals surface area contributed by atoms with Crippen molar-refractivity contribution in [1.82, 2.24) is 24.1 Å². The molecular weight excluding hydrogens is 474 g/mol. The van der Waals surface area contributed by atoms with Gasteiger partial charge in [-0.25, -0.2) is 0 Å². The van der Waals surface area contributed by atoms with E-state index in [-0.39, 0.29) is 23.9 Å². The number of para-hydroxylation sites is 1. The van der Waals surface area contributed by atoms with Crippen LogP contribution in [-0.2, 0) is 6.54 Å². The number of thioether (sulfide) groups is 1. The fourth-order valence-electron chi connectivity index (χ4n) is 4.52. The Hall–Kier alpha value is -4.24. The monoisotopic (exact) mass is 495 g/mol. The summed E-state index contributed by atoms with van der Waals surface area (Å²) >= 11 is 1.39. The summed E-state index contributed by atoms with van der Waals surface area (Å²) in [5.74, 6) is 0.333. The number of rotatable bonds is 6. The normalized spacial score (nSPS) is 13.2. The van der Waals surface area contributed by atoms with Gasteiger partial charge in [0.25, 0.3) is 17.4 Å². The van der Waals surface area contributed by atoms with Crippen molar-refractivity contribution < 1.29 is 9.59 Å². The van der Waals surface area contributed by atoms with Gasteiger partial charge in [-0.1, -0.05) is 65.9 Å². The van der Waals surface area contributed by atoms with Crippen molar-refractivity contribution >= 4 is 40.3 Å². The van der Waals surface area contributed by atoms with Crippen molar-refractivity contribution in [1.29, 1.82) is 0 Å². The number of aromatic nitrogens is 4. The van der Waals surface area contributed by atoms with Crippen molar-refractivity contribution in [3.63, 3.8) is 0 Å². The molecule has 2 amide bonds. The summed E-state index contributed by atoms with van der Waals surface area (Å²) in [6.07, 6.45) is 0. The van der Waals surface area contributed by atoms with E-state index in [0.29, 0.717) is 45.3 Å². The van der Waals surface area contributed by atoms with Crippen LogP contribution in [0.1, 0.15) is 31.8 Å². The zero-order chi connectivity index (χ0) is 24.8. The minimum atomic E-state index is -0.278. The van der Waals surface area contributed by atoms with Crippen LogP contribution in [0.4, 0.5) is 0 Å². The minimum absolute atomic E-state index is 0.131. The molecule has 36 heavy (non-hydrogen) atoms. The number of aryl methyl sites for hydroxylation is 1. The predicted octanol–water partition coefficient (Wildman–Crippen LogP) is 3.79. The molecule has 0 N–H and O–H groups in total. The van der Waals surface area contributed by atoms with E-state index in [1.165, 1.54) is 16.7 Å². The van der Waals surface area contributed by atoms with Gasteiger partial charge in [-0.2, -0.15) is 0 Å². The highest BCUT2D eigenvalue weighted by atomic mass is 32.2. The first kappa shape index (κ1) is 22.2. The van der Waals surface area contributed by atoms with E-state index in [2.05, 4.69) is 10.2 Å². The van der Waals surface area contributed by atoms with Crippen molar-refractivity contribution in [2.24, 2.45) is 0 Å². The van der Waals surface area contributed by atoms with Crippen molar-refractivity contribution in [3.8, 4) is 0 Å². The van der Waals surface area contributed by atoms with Crippen LogP contribution in [0.3, 0.4) is 0 Å². The molecule has 178 valence electrons. The zero-order valence-electron chi connectivity index (χ0n) is 19.4. The molecule has 1 aliphatic rings. The standard InChI is InChI=1S/C27H21N5O3S/c1-17-10-12-18(13-11-17)16-31-25(35)21-8-4-5-9-22(21)32-26(31)28-29-27(32)36-15-14-30-23(33)19-6-2-3-7-20(19)24(30)34/h2-13H,14-16H2,1H3. The van der Waals surface area contributed by atoms with Crippen LogP contribution in [0, 0.1) is 6.92 Å². The van der Waals surface area contributed by atoms with E-state index in [1.807, 2.05) is 53.8 Å². The molecule has 3 aromatic carbocycles. The van der Waals surface area contributed by atoms with Gasteiger partial charge in [0.15, 0.2) is 5.16 Å². The maximum Gasteiger partial charge on any atom is 0.263 e. The van der Waals surface area contributed by atoms with E-state index in [9.17, 15) is 14.4 Å². The van der Waals surface area contributed by atoms with Crippen LogP contribution in [0.15, 0.2) is 82.7 Å². The van der Waals surface area contributed by atoms with Gasteiger partial charge in [-0.05, 0) is 36.8 Å². The lowest BCUT2D eigenvalue weighted by atomic mass is 10.1. The molecule has 0 bridgehead atoms. The molecule has 0 atom stereocenters. The number of imide groups is 1. The van der Waals surface area contributed by atoms with Crippen molar-refractivity contribution in [2.45, 2.75) is 18.6 Å². The molecule has 8 nitrogen and oxygen atoms in total. The summed E-state index contributed by atoms with van der Waals surface area (Å²) in [6.45, 7) is 2.63. The molecule has 3 heterocycles. The third-order valence-electron chi connectivity index (χ3n) is 6.36. The second-order valence-electron chi connectivity index (χ2n) is 8.67. The topological polar surface area (TPSA) is 89.6 Å². The fraction of sp³-hybridized carbons (Fsp3) is 0.148. The maximum atomic E-state index is 13.4. The van der Waals surface area contributed by atoms with E-state index < -0.39 is 0 Å². The predicted molar refractivity (Wildman–Crippen MR) is 138 cm³/mol. The van der Waals surface area contributed by atoms with Crippen LogP contribution >= 0.6 is 11.8 Å². The molecule has 0 radical (unpaired) electrons. The van der Waals surface area contributed by atoms with Crippen LogP contribution in [0.25, 0.3) is 16.7 Å². The molecule has 0 spiro atoms. The number of hydrogen-bond donors (Lipinski definition) is 0. The van der Waals surface area contributed by atoms with Gasteiger partial charge >= 0.3 is 0 Å². The summed E-state index contributed by atoms with van der Waals surface area (Å²) < 4.78 is 3.51. The second-order valence-corrected chi connectivity index (χ2v) is 9.73. The first-order valence-electron chi connectivity index (χ1n) is 11.5. The Bertz CT molecular complexity index is 1690. The lowest BCUT2D eigenvalue weighted by Gasteiger charge is -2.14. The van der Waals surface area contributed by atoms with Gasteiger partial charge < -0.3 is 0 Å². The van der Waals surface area contributed by atoms with Gasteiger partial charge in [-0.15, -0.1) is 10.2 Å². The number of carbonyl (C=O) groups is 2. The zero-order valence-corrected chi connectivity index (χ0v) is 20.2. The smallest absolute Gasteiger partial charge is 0.263 e. The summed E-state index contributed by atoms with van der Waals surface area (Å²) in [4.78, 5) is 40.0. The molecule has 9 heteroatoms. The van der Waals surface area contributed by atoms with E-state index in [4.69, 9.17) is 0 Å². The number of carbonyl (C=O) groups excluding carboxylic acids is 2. The molecule has 6 rings (SSSR count). The van der Waals surface area contributed by atoms with Crippen molar-refractivity contribution in [2.75, 3.05) is 12.3 Å². The summed E-state index contributed by atoms with van der Waals surface area (Å²) in [7, 11) is 0. The van der Waals surface area contributed by atoms with E-state index in [1.54, 1.807) is 34.9 Å². The second kappa shape index (κ2) is 8.76. The summed E-state index contributed by atoms with van der Waals surface area (Å²) in [6, 6.07) is 22.3. The summed E-state index contributed by atoms with van der Waals surface area (Å²) in [5, 5.41) is 9.90. The molecular formula is C27H21N5O3S. The highest BCUT2D eigenvalue weighted by Crippen LogP contribution is 2.25.